The summed E-state index contributed by atoms with van der Waals surface area (Å²) < 4.78 is 3.35. The van der Waals surface area contributed by atoms with E-state index in [4.69, 9.17) is 5.73 Å². The smallest absolute Gasteiger partial charge is 0.271 e. The number of carbonyl (C=O) groups is 1. The summed E-state index contributed by atoms with van der Waals surface area (Å²) in [6.45, 7) is 4.90. The molecule has 1 amide bonds. The Morgan fingerprint density at radius 2 is 2.16 bits per heavy atom. The first-order chi connectivity index (χ1) is 9.04. The van der Waals surface area contributed by atoms with E-state index in [1.807, 2.05) is 20.9 Å². The van der Waals surface area contributed by atoms with Gasteiger partial charge in [0.15, 0.2) is 0 Å². The molecule has 0 aliphatic heterocycles. The molecule has 0 atom stereocenters. The molecule has 2 rings (SSSR count). The topological polar surface area (TPSA) is 90.8 Å². The summed E-state index contributed by atoms with van der Waals surface area (Å²) in [5, 5.41) is 11.0. The monoisotopic (exact) mass is 262 g/mol. The van der Waals surface area contributed by atoms with Crippen LogP contribution in [0.2, 0.25) is 0 Å². The van der Waals surface area contributed by atoms with E-state index < -0.39 is 0 Å². The summed E-state index contributed by atoms with van der Waals surface area (Å²) in [5.74, 6) is -0.222. The highest BCUT2D eigenvalue weighted by molar-refractivity contribution is 5.97. The van der Waals surface area contributed by atoms with Crippen molar-refractivity contribution in [3.63, 3.8) is 0 Å². The third-order valence-electron chi connectivity index (χ3n) is 3.16. The summed E-state index contributed by atoms with van der Waals surface area (Å²) >= 11 is 0. The van der Waals surface area contributed by atoms with Gasteiger partial charge in [0.2, 0.25) is 0 Å². The fourth-order valence-corrected chi connectivity index (χ4v) is 1.86. The zero-order chi connectivity index (χ0) is 14.0. The number of nitrogen functional groups attached to an aromatic ring is 1. The van der Waals surface area contributed by atoms with Crippen molar-refractivity contribution in [2.24, 2.45) is 7.05 Å². The van der Waals surface area contributed by atoms with E-state index in [9.17, 15) is 4.79 Å². The van der Waals surface area contributed by atoms with E-state index in [0.717, 1.165) is 11.3 Å². The maximum Gasteiger partial charge on any atom is 0.271 e. The SMILES string of the molecule is CCn1ncc(N)c1C(=O)NCc1cnn(C)c1C. The predicted molar refractivity (Wildman–Crippen MR) is 71.4 cm³/mol. The van der Waals surface area contributed by atoms with E-state index in [1.165, 1.54) is 6.20 Å². The number of nitrogens with zero attached hydrogens (tertiary/aromatic N) is 4. The van der Waals surface area contributed by atoms with Crippen LogP contribution in [0.5, 0.6) is 0 Å². The number of anilines is 1. The van der Waals surface area contributed by atoms with Crippen molar-refractivity contribution < 1.29 is 4.79 Å². The molecule has 7 heteroatoms. The van der Waals surface area contributed by atoms with Crippen LogP contribution >= 0.6 is 0 Å². The molecule has 2 aromatic rings. The molecule has 0 bridgehead atoms. The lowest BCUT2D eigenvalue weighted by Crippen LogP contribution is -2.26. The highest BCUT2D eigenvalue weighted by atomic mass is 16.2. The van der Waals surface area contributed by atoms with E-state index in [1.54, 1.807) is 15.6 Å². The molecule has 0 radical (unpaired) electrons. The fraction of sp³-hybridized carbons (Fsp3) is 0.417. The fourth-order valence-electron chi connectivity index (χ4n) is 1.86. The molecule has 0 unspecified atom stereocenters. The number of carbonyl (C=O) groups excluding carboxylic acids is 1. The van der Waals surface area contributed by atoms with Gasteiger partial charge in [-0.3, -0.25) is 14.2 Å². The summed E-state index contributed by atoms with van der Waals surface area (Å²) in [6.07, 6.45) is 3.24. The van der Waals surface area contributed by atoms with E-state index in [-0.39, 0.29) is 5.91 Å². The van der Waals surface area contributed by atoms with Crippen molar-refractivity contribution >= 4 is 11.6 Å². The first-order valence-electron chi connectivity index (χ1n) is 6.11. The Morgan fingerprint density at radius 1 is 1.42 bits per heavy atom. The molecule has 0 aliphatic carbocycles. The number of amides is 1. The Bertz CT molecular complexity index is 597. The Morgan fingerprint density at radius 3 is 2.74 bits per heavy atom. The van der Waals surface area contributed by atoms with Gasteiger partial charge in [0.05, 0.1) is 18.1 Å². The maximum atomic E-state index is 12.1. The Balaban J connectivity index is 2.09. The number of nitrogens with one attached hydrogen (secondary N) is 1. The standard InChI is InChI=1S/C12H18N6O/c1-4-18-11(10(13)7-16-18)12(19)14-5-9-6-15-17(3)8(9)2/h6-7H,4-5,13H2,1-3H3,(H,14,19). The highest BCUT2D eigenvalue weighted by Crippen LogP contribution is 2.11. The van der Waals surface area contributed by atoms with Crippen LogP contribution in [0.25, 0.3) is 0 Å². The Labute approximate surface area is 111 Å². The zero-order valence-electron chi connectivity index (χ0n) is 11.3. The minimum atomic E-state index is -0.222. The first kappa shape index (κ1) is 13.1. The van der Waals surface area contributed by atoms with Gasteiger partial charge in [0.1, 0.15) is 5.69 Å². The van der Waals surface area contributed by atoms with Crippen LogP contribution in [0.1, 0.15) is 28.7 Å². The molecule has 7 nitrogen and oxygen atoms in total. The molecule has 0 saturated heterocycles. The van der Waals surface area contributed by atoms with Gasteiger partial charge < -0.3 is 11.1 Å². The van der Waals surface area contributed by atoms with Gasteiger partial charge in [-0.1, -0.05) is 0 Å². The van der Waals surface area contributed by atoms with Gasteiger partial charge in [-0.25, -0.2) is 0 Å². The van der Waals surface area contributed by atoms with Crippen LogP contribution in [0.15, 0.2) is 12.4 Å². The van der Waals surface area contributed by atoms with Gasteiger partial charge in [-0.05, 0) is 13.8 Å². The zero-order valence-corrected chi connectivity index (χ0v) is 11.3. The second kappa shape index (κ2) is 5.13. The third-order valence-corrected chi connectivity index (χ3v) is 3.16. The van der Waals surface area contributed by atoms with Crippen molar-refractivity contribution in [2.45, 2.75) is 26.9 Å². The number of aromatic nitrogens is 4. The van der Waals surface area contributed by atoms with Crippen molar-refractivity contribution in [3.05, 3.63) is 29.3 Å². The Hall–Kier alpha value is -2.31. The lowest BCUT2D eigenvalue weighted by atomic mass is 10.2. The molecule has 0 fully saturated rings. The number of rotatable bonds is 4. The summed E-state index contributed by atoms with van der Waals surface area (Å²) in [7, 11) is 1.87. The van der Waals surface area contributed by atoms with Gasteiger partial charge >= 0.3 is 0 Å². The molecular formula is C12H18N6O. The van der Waals surface area contributed by atoms with Crippen molar-refractivity contribution in [2.75, 3.05) is 5.73 Å². The van der Waals surface area contributed by atoms with Gasteiger partial charge in [-0.15, -0.1) is 0 Å². The van der Waals surface area contributed by atoms with Gasteiger partial charge in [0, 0.05) is 31.4 Å². The quantitative estimate of drug-likeness (QED) is 0.837. The van der Waals surface area contributed by atoms with Crippen LogP contribution in [0, 0.1) is 6.92 Å². The predicted octanol–water partition coefficient (Wildman–Crippen LogP) is 0.457. The van der Waals surface area contributed by atoms with Crippen molar-refractivity contribution in [3.8, 4) is 0 Å². The maximum absolute atomic E-state index is 12.1. The van der Waals surface area contributed by atoms with E-state index in [2.05, 4.69) is 15.5 Å². The number of hydrogen-bond acceptors (Lipinski definition) is 4. The van der Waals surface area contributed by atoms with Crippen LogP contribution in [-0.4, -0.2) is 25.5 Å². The lowest BCUT2D eigenvalue weighted by Gasteiger charge is -2.07. The van der Waals surface area contributed by atoms with Crippen LogP contribution in [-0.2, 0) is 20.1 Å². The normalized spacial score (nSPS) is 10.7. The van der Waals surface area contributed by atoms with Crippen LogP contribution in [0.4, 0.5) is 5.69 Å². The van der Waals surface area contributed by atoms with E-state index >= 15 is 0 Å². The molecule has 0 aromatic carbocycles. The van der Waals surface area contributed by atoms with Crippen molar-refractivity contribution in [1.82, 2.24) is 24.9 Å². The Kier molecular flexibility index (Phi) is 3.55. The average Bonchev–Trinajstić information content (AvgIpc) is 2.92. The van der Waals surface area contributed by atoms with Crippen LogP contribution < -0.4 is 11.1 Å². The third kappa shape index (κ3) is 2.44. The average molecular weight is 262 g/mol. The first-order valence-corrected chi connectivity index (χ1v) is 6.11. The minimum absolute atomic E-state index is 0.222. The number of nitrogens with two attached hydrogens (primary N) is 1. The summed E-state index contributed by atoms with van der Waals surface area (Å²) in [6, 6.07) is 0. The molecule has 19 heavy (non-hydrogen) atoms. The molecule has 0 saturated carbocycles. The molecule has 0 aliphatic rings. The molecule has 3 N–H and O–H groups in total. The summed E-state index contributed by atoms with van der Waals surface area (Å²) in [5.41, 5.74) is 8.57. The largest absolute Gasteiger partial charge is 0.396 e. The van der Waals surface area contributed by atoms with E-state index in [0.29, 0.717) is 24.5 Å². The number of aryl methyl sites for hydroxylation is 2. The second-order valence-corrected chi connectivity index (χ2v) is 4.33. The van der Waals surface area contributed by atoms with Crippen molar-refractivity contribution in [1.29, 1.82) is 0 Å². The number of hydrogen-bond donors (Lipinski definition) is 2. The van der Waals surface area contributed by atoms with Crippen LogP contribution in [0.3, 0.4) is 0 Å². The summed E-state index contributed by atoms with van der Waals surface area (Å²) in [4.78, 5) is 12.1. The van der Waals surface area contributed by atoms with Gasteiger partial charge in [-0.2, -0.15) is 10.2 Å². The molecule has 2 heterocycles. The second-order valence-electron chi connectivity index (χ2n) is 4.33. The lowest BCUT2D eigenvalue weighted by molar-refractivity contribution is 0.0941. The molecule has 2 aromatic heterocycles. The molecular weight excluding hydrogens is 244 g/mol. The molecule has 102 valence electrons. The minimum Gasteiger partial charge on any atom is -0.396 e. The highest BCUT2D eigenvalue weighted by Gasteiger charge is 2.16. The van der Waals surface area contributed by atoms with Gasteiger partial charge in [0.25, 0.3) is 5.91 Å². The molecule has 0 spiro atoms.